The van der Waals surface area contributed by atoms with Crippen molar-refractivity contribution in [1.82, 2.24) is 9.97 Å². The molecule has 0 aliphatic heterocycles. The van der Waals surface area contributed by atoms with E-state index in [0.717, 1.165) is 27.7 Å². The van der Waals surface area contributed by atoms with Crippen LogP contribution < -0.4 is 10.1 Å². The minimum atomic E-state index is -0.465. The molecule has 1 N–H and O–H groups in total. The van der Waals surface area contributed by atoms with Gasteiger partial charge in [0.1, 0.15) is 11.4 Å². The largest absolute Gasteiger partial charge is 0.496 e. The highest BCUT2D eigenvalue weighted by molar-refractivity contribution is 5.94. The Labute approximate surface area is 167 Å². The maximum Gasteiger partial charge on any atom is 0.296 e. The first kappa shape index (κ1) is 18.4. The number of ether oxygens (including phenoxy) is 1. The predicted molar refractivity (Wildman–Crippen MR) is 113 cm³/mol. The first-order chi connectivity index (χ1) is 14.0. The number of aryl methyl sites for hydroxylation is 1. The number of benzene rings is 3. The number of nitro benzene ring substituents is 1. The molecule has 0 aliphatic carbocycles. The molecule has 0 atom stereocenters. The van der Waals surface area contributed by atoms with Gasteiger partial charge in [0.15, 0.2) is 0 Å². The molecule has 4 aromatic rings. The number of hydrogen-bond donors (Lipinski definition) is 1. The summed E-state index contributed by atoms with van der Waals surface area (Å²) in [6.07, 6.45) is 0. The Morgan fingerprint density at radius 2 is 1.79 bits per heavy atom. The van der Waals surface area contributed by atoms with Gasteiger partial charge in [0.25, 0.3) is 5.69 Å². The second-order valence-corrected chi connectivity index (χ2v) is 6.55. The Hall–Kier alpha value is -4.00. The molecule has 0 unspecified atom stereocenters. The van der Waals surface area contributed by atoms with Crippen molar-refractivity contribution in [3.8, 4) is 17.0 Å². The van der Waals surface area contributed by atoms with Crippen LogP contribution in [-0.2, 0) is 0 Å². The summed E-state index contributed by atoms with van der Waals surface area (Å²) in [5.74, 6) is 0.690. The van der Waals surface area contributed by atoms with E-state index in [-0.39, 0.29) is 11.6 Å². The van der Waals surface area contributed by atoms with E-state index >= 15 is 0 Å². The summed E-state index contributed by atoms with van der Waals surface area (Å²) in [4.78, 5) is 20.3. The quantitative estimate of drug-likeness (QED) is 0.371. The first-order valence-electron chi connectivity index (χ1n) is 8.98. The lowest BCUT2D eigenvalue weighted by Gasteiger charge is -2.12. The fourth-order valence-corrected chi connectivity index (χ4v) is 3.13. The van der Waals surface area contributed by atoms with Crippen molar-refractivity contribution in [2.75, 3.05) is 12.4 Å². The van der Waals surface area contributed by atoms with Gasteiger partial charge in [-0.3, -0.25) is 10.1 Å². The summed E-state index contributed by atoms with van der Waals surface area (Å²) in [6.45, 7) is 2.01. The van der Waals surface area contributed by atoms with Crippen LogP contribution in [-0.4, -0.2) is 22.0 Å². The van der Waals surface area contributed by atoms with Gasteiger partial charge in [-0.1, -0.05) is 42.0 Å². The van der Waals surface area contributed by atoms with Crippen LogP contribution in [0.3, 0.4) is 0 Å². The lowest BCUT2D eigenvalue weighted by Crippen LogP contribution is -2.03. The van der Waals surface area contributed by atoms with Gasteiger partial charge in [-0.25, -0.2) is 9.97 Å². The van der Waals surface area contributed by atoms with E-state index in [1.165, 1.54) is 13.2 Å². The summed E-state index contributed by atoms with van der Waals surface area (Å²) in [6, 6.07) is 20.3. The van der Waals surface area contributed by atoms with Crippen molar-refractivity contribution in [1.29, 1.82) is 0 Å². The number of aromatic nitrogens is 2. The molecule has 4 rings (SSSR count). The van der Waals surface area contributed by atoms with Crippen LogP contribution in [0.2, 0.25) is 0 Å². The third-order valence-electron chi connectivity index (χ3n) is 4.55. The number of anilines is 2. The zero-order chi connectivity index (χ0) is 20.4. The molecule has 0 bridgehead atoms. The van der Waals surface area contributed by atoms with Gasteiger partial charge in [-0.15, -0.1) is 0 Å². The first-order valence-corrected chi connectivity index (χ1v) is 8.98. The topological polar surface area (TPSA) is 90.2 Å². The van der Waals surface area contributed by atoms with Gasteiger partial charge in [-0.2, -0.15) is 0 Å². The van der Waals surface area contributed by atoms with E-state index in [4.69, 9.17) is 4.74 Å². The molecule has 1 heterocycles. The Kier molecular flexibility index (Phi) is 4.78. The average Bonchev–Trinajstić information content (AvgIpc) is 2.74. The zero-order valence-electron chi connectivity index (χ0n) is 15.9. The molecule has 0 saturated heterocycles. The molecule has 7 heteroatoms. The number of methoxy groups -OCH3 is 1. The molecule has 0 aliphatic rings. The van der Waals surface area contributed by atoms with Crippen LogP contribution in [0.15, 0.2) is 66.7 Å². The van der Waals surface area contributed by atoms with Crippen LogP contribution in [0.4, 0.5) is 17.3 Å². The van der Waals surface area contributed by atoms with Gasteiger partial charge in [-0.05, 0) is 31.2 Å². The fraction of sp³-hybridized carbons (Fsp3) is 0.0909. The van der Waals surface area contributed by atoms with Gasteiger partial charge >= 0.3 is 0 Å². The molecule has 0 amide bonds. The Balaban J connectivity index is 1.86. The van der Waals surface area contributed by atoms with Crippen LogP contribution in [0, 0.1) is 17.0 Å². The highest BCUT2D eigenvalue weighted by atomic mass is 16.6. The number of nitro groups is 1. The van der Waals surface area contributed by atoms with Crippen molar-refractivity contribution in [3.63, 3.8) is 0 Å². The molecule has 0 fully saturated rings. The lowest BCUT2D eigenvalue weighted by molar-refractivity contribution is -0.384. The number of hydrogen-bond acceptors (Lipinski definition) is 6. The molecule has 1 aromatic heterocycles. The highest BCUT2D eigenvalue weighted by Gasteiger charge is 2.17. The second kappa shape index (κ2) is 7.55. The average molecular weight is 386 g/mol. The molecule has 3 aromatic carbocycles. The van der Waals surface area contributed by atoms with Crippen molar-refractivity contribution >= 4 is 28.2 Å². The van der Waals surface area contributed by atoms with E-state index in [1.807, 2.05) is 55.5 Å². The molecular weight excluding hydrogens is 368 g/mol. The Bertz CT molecular complexity index is 1210. The second-order valence-electron chi connectivity index (χ2n) is 6.55. The molecular formula is C22H18N4O3. The van der Waals surface area contributed by atoms with Crippen LogP contribution in [0.5, 0.6) is 5.75 Å². The van der Waals surface area contributed by atoms with E-state index in [2.05, 4.69) is 15.3 Å². The molecule has 29 heavy (non-hydrogen) atoms. The smallest absolute Gasteiger partial charge is 0.296 e. The molecule has 0 radical (unpaired) electrons. The lowest BCUT2D eigenvalue weighted by atomic mass is 10.0. The highest BCUT2D eigenvalue weighted by Crippen LogP contribution is 2.33. The van der Waals surface area contributed by atoms with Gasteiger partial charge in [0.2, 0.25) is 5.95 Å². The number of nitrogens with one attached hydrogen (secondary N) is 1. The van der Waals surface area contributed by atoms with Gasteiger partial charge < -0.3 is 10.1 Å². The summed E-state index contributed by atoms with van der Waals surface area (Å²) in [5.41, 5.74) is 3.74. The standard InChI is InChI=1S/C22H18N4O3/c1-14-8-10-18-17(12-14)21(15-6-4-3-5-7-15)25-22(23-18)24-19-11-9-16(29-2)13-20(19)26(27)28/h3-13H,1-2H3,(H,23,24,25). The van der Waals surface area contributed by atoms with Crippen LogP contribution in [0.25, 0.3) is 22.2 Å². The van der Waals surface area contributed by atoms with Crippen LogP contribution in [0.1, 0.15) is 5.56 Å². The monoisotopic (exact) mass is 386 g/mol. The maximum atomic E-state index is 11.5. The van der Waals surface area contributed by atoms with Gasteiger partial charge in [0.05, 0.1) is 29.3 Å². The number of fused-ring (bicyclic) bond motifs is 1. The third kappa shape index (κ3) is 3.70. The molecule has 0 spiro atoms. The van der Waals surface area contributed by atoms with Crippen LogP contribution >= 0.6 is 0 Å². The summed E-state index contributed by atoms with van der Waals surface area (Å²) in [5, 5.41) is 15.4. The van der Waals surface area contributed by atoms with Crippen molar-refractivity contribution in [2.24, 2.45) is 0 Å². The summed E-state index contributed by atoms with van der Waals surface area (Å²) >= 11 is 0. The number of nitrogens with zero attached hydrogens (tertiary/aromatic N) is 3. The minimum Gasteiger partial charge on any atom is -0.496 e. The number of rotatable bonds is 5. The Morgan fingerprint density at radius 1 is 1.00 bits per heavy atom. The van der Waals surface area contributed by atoms with E-state index in [1.54, 1.807) is 12.1 Å². The predicted octanol–water partition coefficient (Wildman–Crippen LogP) is 5.27. The molecule has 144 valence electrons. The summed E-state index contributed by atoms with van der Waals surface area (Å²) < 4.78 is 5.09. The maximum absolute atomic E-state index is 11.5. The Morgan fingerprint density at radius 3 is 2.52 bits per heavy atom. The van der Waals surface area contributed by atoms with Crippen molar-refractivity contribution in [3.05, 3.63) is 82.4 Å². The third-order valence-corrected chi connectivity index (χ3v) is 4.55. The van der Waals surface area contributed by atoms with E-state index < -0.39 is 4.92 Å². The summed E-state index contributed by atoms with van der Waals surface area (Å²) in [7, 11) is 1.47. The van der Waals surface area contributed by atoms with Gasteiger partial charge in [0, 0.05) is 10.9 Å². The molecule has 7 nitrogen and oxygen atoms in total. The molecule has 0 saturated carbocycles. The normalized spacial score (nSPS) is 10.7. The van der Waals surface area contributed by atoms with Crippen molar-refractivity contribution < 1.29 is 9.66 Å². The van der Waals surface area contributed by atoms with E-state index in [0.29, 0.717) is 11.4 Å². The van der Waals surface area contributed by atoms with Crippen molar-refractivity contribution in [2.45, 2.75) is 6.92 Å². The SMILES string of the molecule is COc1ccc(Nc2nc(-c3ccccc3)c3cc(C)ccc3n2)c([N+](=O)[O-])c1. The zero-order valence-corrected chi connectivity index (χ0v) is 15.9. The minimum absolute atomic E-state index is 0.113. The fourth-order valence-electron chi connectivity index (χ4n) is 3.13. The van der Waals surface area contributed by atoms with E-state index in [9.17, 15) is 10.1 Å².